The van der Waals surface area contributed by atoms with Crippen molar-refractivity contribution >= 4 is 27.4 Å². The van der Waals surface area contributed by atoms with Crippen LogP contribution in [0.3, 0.4) is 0 Å². The van der Waals surface area contributed by atoms with Gasteiger partial charge in [0.25, 0.3) is 0 Å². The fourth-order valence-corrected chi connectivity index (χ4v) is 4.42. The van der Waals surface area contributed by atoms with Gasteiger partial charge < -0.3 is 10.1 Å². The highest BCUT2D eigenvalue weighted by atomic mass is 32.1. The van der Waals surface area contributed by atoms with Crippen LogP contribution in [0.5, 0.6) is 5.75 Å². The summed E-state index contributed by atoms with van der Waals surface area (Å²) in [5, 5.41) is 3.30. The molecule has 29 heavy (non-hydrogen) atoms. The number of thiophene rings is 1. The van der Waals surface area contributed by atoms with E-state index < -0.39 is 17.5 Å². The molecule has 1 aliphatic rings. The van der Waals surface area contributed by atoms with Crippen LogP contribution in [0.2, 0.25) is 0 Å². The summed E-state index contributed by atoms with van der Waals surface area (Å²) in [6, 6.07) is 9.76. The normalized spacial score (nSPS) is 12.8. The van der Waals surface area contributed by atoms with Gasteiger partial charge in [0, 0.05) is 17.8 Å². The van der Waals surface area contributed by atoms with Crippen molar-refractivity contribution in [2.24, 2.45) is 0 Å². The molecule has 4 nitrogen and oxygen atoms in total. The summed E-state index contributed by atoms with van der Waals surface area (Å²) in [6.07, 6.45) is 2.34. The first-order valence-electron chi connectivity index (χ1n) is 8.96. The Kier molecular flexibility index (Phi) is 4.35. The number of ether oxygens (including phenoxy) is 1. The maximum Gasteiger partial charge on any atom is 0.194 e. The highest BCUT2D eigenvalue weighted by Crippen LogP contribution is 2.36. The lowest BCUT2D eigenvalue weighted by Gasteiger charge is -2.07. The van der Waals surface area contributed by atoms with Crippen LogP contribution in [0.15, 0.2) is 42.7 Å². The van der Waals surface area contributed by atoms with Crippen LogP contribution in [-0.4, -0.2) is 16.6 Å². The summed E-state index contributed by atoms with van der Waals surface area (Å²) in [6.45, 7) is 1.27. The zero-order valence-electron chi connectivity index (χ0n) is 15.0. The molecule has 0 saturated carbocycles. The van der Waals surface area contributed by atoms with E-state index in [4.69, 9.17) is 4.74 Å². The third-order valence-electron chi connectivity index (χ3n) is 4.79. The number of hydrogen-bond donors (Lipinski definition) is 1. The van der Waals surface area contributed by atoms with Gasteiger partial charge in [-0.1, -0.05) is 12.1 Å². The van der Waals surface area contributed by atoms with Crippen LogP contribution < -0.4 is 10.1 Å². The molecule has 0 radical (unpaired) electrons. The Morgan fingerprint density at radius 1 is 1.03 bits per heavy atom. The van der Waals surface area contributed by atoms with Crippen molar-refractivity contribution in [3.8, 4) is 16.2 Å². The molecule has 1 aliphatic heterocycles. The van der Waals surface area contributed by atoms with Gasteiger partial charge in [0.05, 0.1) is 16.8 Å². The van der Waals surface area contributed by atoms with E-state index in [2.05, 4.69) is 21.4 Å². The van der Waals surface area contributed by atoms with E-state index in [1.54, 1.807) is 6.07 Å². The van der Waals surface area contributed by atoms with Crippen LogP contribution >= 0.6 is 11.3 Å². The first kappa shape index (κ1) is 17.9. The highest BCUT2D eigenvalue weighted by molar-refractivity contribution is 7.22. The Labute approximate surface area is 168 Å². The molecule has 0 bridgehead atoms. The van der Waals surface area contributed by atoms with E-state index in [0.717, 1.165) is 34.6 Å². The minimum atomic E-state index is -1.48. The maximum absolute atomic E-state index is 13.6. The second kappa shape index (κ2) is 7.04. The van der Waals surface area contributed by atoms with Crippen molar-refractivity contribution < 1.29 is 17.9 Å². The predicted molar refractivity (Wildman–Crippen MR) is 106 cm³/mol. The predicted octanol–water partition coefficient (Wildman–Crippen LogP) is 5.32. The number of fused-ring (bicyclic) bond motifs is 2. The molecule has 0 atom stereocenters. The standard InChI is InChI=1S/C21H14F3N3OS/c22-14-6-13(7-15(23)19(14)24)18-8-16-20(29-18)21(27-10-26-16)25-9-11-1-2-17-12(5-11)3-4-28-17/h1-2,5-8,10H,3-4,9H2,(H,25,26,27). The van der Waals surface area contributed by atoms with E-state index >= 15 is 0 Å². The molecule has 2 aromatic heterocycles. The SMILES string of the molecule is Fc1cc(-c2cc3ncnc(NCc4ccc5c(c4)CCO5)c3s2)cc(F)c1F. The zero-order valence-corrected chi connectivity index (χ0v) is 15.8. The van der Waals surface area contributed by atoms with Crippen molar-refractivity contribution in [3.05, 3.63) is 71.3 Å². The second-order valence-corrected chi connectivity index (χ2v) is 7.75. The molecule has 4 aromatic rings. The number of anilines is 1. The number of hydrogen-bond acceptors (Lipinski definition) is 5. The lowest BCUT2D eigenvalue weighted by Crippen LogP contribution is -2.02. The van der Waals surface area contributed by atoms with Crippen LogP contribution in [0.4, 0.5) is 19.0 Å². The molecular formula is C21H14F3N3OS. The lowest BCUT2D eigenvalue weighted by molar-refractivity contribution is 0.357. The molecule has 8 heteroatoms. The molecular weight excluding hydrogens is 399 g/mol. The molecule has 0 spiro atoms. The average molecular weight is 413 g/mol. The summed E-state index contributed by atoms with van der Waals surface area (Å²) in [5.74, 6) is -2.35. The van der Waals surface area contributed by atoms with E-state index in [9.17, 15) is 13.2 Å². The van der Waals surface area contributed by atoms with Gasteiger partial charge in [-0.3, -0.25) is 0 Å². The van der Waals surface area contributed by atoms with E-state index in [0.29, 0.717) is 29.4 Å². The molecule has 2 aromatic carbocycles. The summed E-state index contributed by atoms with van der Waals surface area (Å²) in [7, 11) is 0. The van der Waals surface area contributed by atoms with E-state index in [-0.39, 0.29) is 5.56 Å². The van der Waals surface area contributed by atoms with Gasteiger partial charge >= 0.3 is 0 Å². The van der Waals surface area contributed by atoms with Crippen molar-refractivity contribution in [1.29, 1.82) is 0 Å². The Morgan fingerprint density at radius 2 is 1.86 bits per heavy atom. The largest absolute Gasteiger partial charge is 0.493 e. The van der Waals surface area contributed by atoms with E-state index in [1.165, 1.54) is 23.2 Å². The number of benzene rings is 2. The first-order valence-corrected chi connectivity index (χ1v) is 9.78. The average Bonchev–Trinajstić information content (AvgIpc) is 3.36. The number of rotatable bonds is 4. The molecule has 0 amide bonds. The minimum Gasteiger partial charge on any atom is -0.493 e. The Bertz CT molecular complexity index is 1220. The smallest absolute Gasteiger partial charge is 0.194 e. The number of nitrogens with zero attached hydrogens (tertiary/aromatic N) is 2. The van der Waals surface area contributed by atoms with Crippen LogP contribution in [0.1, 0.15) is 11.1 Å². The fourth-order valence-electron chi connectivity index (χ4n) is 3.36. The summed E-state index contributed by atoms with van der Waals surface area (Å²) >= 11 is 1.29. The summed E-state index contributed by atoms with van der Waals surface area (Å²) in [4.78, 5) is 9.12. The minimum absolute atomic E-state index is 0.258. The quantitative estimate of drug-likeness (QED) is 0.460. The fraction of sp³-hybridized carbons (Fsp3) is 0.143. The molecule has 0 fully saturated rings. The van der Waals surface area contributed by atoms with Gasteiger partial charge in [-0.15, -0.1) is 11.3 Å². The van der Waals surface area contributed by atoms with Gasteiger partial charge in [0.1, 0.15) is 17.9 Å². The van der Waals surface area contributed by atoms with Gasteiger partial charge in [0.2, 0.25) is 0 Å². The monoisotopic (exact) mass is 413 g/mol. The second-order valence-electron chi connectivity index (χ2n) is 6.70. The van der Waals surface area contributed by atoms with Gasteiger partial charge in [-0.2, -0.15) is 0 Å². The highest BCUT2D eigenvalue weighted by Gasteiger charge is 2.16. The number of halogens is 3. The Morgan fingerprint density at radius 3 is 2.69 bits per heavy atom. The maximum atomic E-state index is 13.6. The lowest BCUT2D eigenvalue weighted by atomic mass is 10.1. The Hall–Kier alpha value is -3.13. The first-order chi connectivity index (χ1) is 14.1. The summed E-state index contributed by atoms with van der Waals surface area (Å²) in [5.41, 5.74) is 3.19. The zero-order chi connectivity index (χ0) is 20.0. The van der Waals surface area contributed by atoms with Crippen molar-refractivity contribution in [2.45, 2.75) is 13.0 Å². The summed E-state index contributed by atoms with van der Waals surface area (Å²) < 4.78 is 46.7. The molecule has 3 heterocycles. The number of nitrogens with one attached hydrogen (secondary N) is 1. The van der Waals surface area contributed by atoms with Crippen LogP contribution in [-0.2, 0) is 13.0 Å². The van der Waals surface area contributed by atoms with Crippen LogP contribution in [0.25, 0.3) is 20.7 Å². The third-order valence-corrected chi connectivity index (χ3v) is 5.97. The molecule has 5 rings (SSSR count). The van der Waals surface area contributed by atoms with Gasteiger partial charge in [-0.05, 0) is 41.0 Å². The Balaban J connectivity index is 1.45. The van der Waals surface area contributed by atoms with Crippen molar-refractivity contribution in [1.82, 2.24) is 9.97 Å². The molecule has 0 aliphatic carbocycles. The van der Waals surface area contributed by atoms with Gasteiger partial charge in [-0.25, -0.2) is 23.1 Å². The van der Waals surface area contributed by atoms with Crippen molar-refractivity contribution in [2.75, 3.05) is 11.9 Å². The molecule has 0 unspecified atom stereocenters. The number of aromatic nitrogens is 2. The molecule has 0 saturated heterocycles. The van der Waals surface area contributed by atoms with Crippen molar-refractivity contribution in [3.63, 3.8) is 0 Å². The van der Waals surface area contributed by atoms with Crippen LogP contribution in [0, 0.1) is 17.5 Å². The van der Waals surface area contributed by atoms with Gasteiger partial charge in [0.15, 0.2) is 17.5 Å². The van der Waals surface area contributed by atoms with E-state index in [1.807, 2.05) is 12.1 Å². The molecule has 1 N–H and O–H groups in total. The third kappa shape index (κ3) is 3.29. The topological polar surface area (TPSA) is 47.0 Å². The molecule has 146 valence electrons.